The standard InChI is InChI=1S/C69H127N2O7P/c1-7-10-13-16-19-22-25-28-30-31-32-33-34-35-36-37-38-39-41-44-47-50-53-56-59-62-69(73)78-67(60-57-54-51-48-45-42-27-24-21-18-15-12-9-3)66(65-77-79(74,75)76-64-63-71(4,5)6)70-68(72)61-58-55-52-49-46-43-40-29-26-23-20-17-14-11-8-2/h11,14,17,19-20,22-23,26,28,30,57,60,66-67H,7-10,12-13,15-16,18,21,24-25,27,29,31-56,58-59,61-65H2,1-6H3,(H-,70,72,74,75)/b14-11+,20-17+,22-19-,26-23+,30-28-,60-57-. The molecule has 0 aromatic heterocycles. The summed E-state index contributed by atoms with van der Waals surface area (Å²) in [6.07, 6.45) is 75.9. The van der Waals surface area contributed by atoms with Crippen LogP contribution in [0.2, 0.25) is 0 Å². The van der Waals surface area contributed by atoms with Crippen molar-refractivity contribution in [3.63, 3.8) is 0 Å². The summed E-state index contributed by atoms with van der Waals surface area (Å²) in [5.41, 5.74) is 0. The third-order valence-corrected chi connectivity index (χ3v) is 15.6. The molecule has 0 aliphatic heterocycles. The molecule has 0 rings (SSSR count). The molecule has 0 aliphatic carbocycles. The zero-order valence-corrected chi connectivity index (χ0v) is 53.5. The molecule has 1 N–H and O–H groups in total. The zero-order valence-electron chi connectivity index (χ0n) is 52.6. The van der Waals surface area contributed by atoms with Gasteiger partial charge in [-0.3, -0.25) is 14.2 Å². The van der Waals surface area contributed by atoms with E-state index in [0.29, 0.717) is 17.4 Å². The van der Waals surface area contributed by atoms with Gasteiger partial charge < -0.3 is 28.5 Å². The number of allylic oxidation sites excluding steroid dienone is 11. The smallest absolute Gasteiger partial charge is 0.306 e. The number of phosphoric acid groups is 1. The van der Waals surface area contributed by atoms with E-state index in [1.54, 1.807) is 0 Å². The minimum atomic E-state index is -4.71. The average Bonchev–Trinajstić information content (AvgIpc) is 3.41. The number of ether oxygens (including phenoxy) is 1. The van der Waals surface area contributed by atoms with Gasteiger partial charge in [-0.25, -0.2) is 0 Å². The van der Waals surface area contributed by atoms with E-state index in [1.165, 1.54) is 186 Å². The van der Waals surface area contributed by atoms with E-state index < -0.39 is 26.6 Å². The molecular weight excluding hydrogens is 1000 g/mol. The Hall–Kier alpha value is -2.55. The zero-order chi connectivity index (χ0) is 57.9. The molecule has 0 aromatic rings. The van der Waals surface area contributed by atoms with Crippen molar-refractivity contribution in [1.82, 2.24) is 5.32 Å². The first kappa shape index (κ1) is 76.5. The number of unbranched alkanes of at least 4 members (excludes halogenated alkanes) is 36. The lowest BCUT2D eigenvalue weighted by Crippen LogP contribution is -2.47. The summed E-state index contributed by atoms with van der Waals surface area (Å²) in [5, 5.41) is 3.03. The van der Waals surface area contributed by atoms with Crippen LogP contribution in [0.15, 0.2) is 72.9 Å². The van der Waals surface area contributed by atoms with Crippen molar-refractivity contribution in [1.29, 1.82) is 0 Å². The molecule has 1 amide bonds. The molecule has 3 unspecified atom stereocenters. The lowest BCUT2D eigenvalue weighted by atomic mass is 10.0. The molecule has 0 aromatic carbocycles. The van der Waals surface area contributed by atoms with Gasteiger partial charge in [0.25, 0.3) is 7.82 Å². The molecule has 0 saturated heterocycles. The number of nitrogens with zero attached hydrogens (tertiary/aromatic N) is 1. The highest BCUT2D eigenvalue weighted by Crippen LogP contribution is 2.38. The second kappa shape index (κ2) is 58.6. The number of esters is 1. The number of hydrogen-bond acceptors (Lipinski definition) is 7. The number of carbonyl (C=O) groups is 2. The van der Waals surface area contributed by atoms with Crippen LogP contribution in [0.25, 0.3) is 0 Å². The first-order valence-electron chi connectivity index (χ1n) is 33.3. The predicted molar refractivity (Wildman–Crippen MR) is 339 cm³/mol. The van der Waals surface area contributed by atoms with E-state index in [9.17, 15) is 19.0 Å². The fraction of sp³-hybridized carbons (Fsp3) is 0.797. The van der Waals surface area contributed by atoms with Crippen molar-refractivity contribution in [2.24, 2.45) is 0 Å². The number of nitrogens with one attached hydrogen (secondary N) is 1. The van der Waals surface area contributed by atoms with E-state index >= 15 is 0 Å². The Morgan fingerprint density at radius 3 is 1.33 bits per heavy atom. The van der Waals surface area contributed by atoms with Crippen molar-refractivity contribution in [2.75, 3.05) is 40.9 Å². The van der Waals surface area contributed by atoms with Gasteiger partial charge in [0.2, 0.25) is 5.91 Å². The maximum atomic E-state index is 13.5. The molecule has 460 valence electrons. The summed E-state index contributed by atoms with van der Waals surface area (Å²) < 4.78 is 30.4. The summed E-state index contributed by atoms with van der Waals surface area (Å²) in [7, 11) is 1.18. The largest absolute Gasteiger partial charge is 0.756 e. The quantitative estimate of drug-likeness (QED) is 0.0161. The fourth-order valence-electron chi connectivity index (χ4n) is 9.55. The maximum Gasteiger partial charge on any atom is 0.306 e. The van der Waals surface area contributed by atoms with E-state index in [2.05, 4.69) is 86.8 Å². The highest BCUT2D eigenvalue weighted by atomic mass is 31.2. The average molecular weight is 1130 g/mol. The van der Waals surface area contributed by atoms with E-state index in [1.807, 2.05) is 33.3 Å². The van der Waals surface area contributed by atoms with Gasteiger partial charge in [0.05, 0.1) is 33.8 Å². The molecule has 79 heavy (non-hydrogen) atoms. The molecule has 0 heterocycles. The summed E-state index contributed by atoms with van der Waals surface area (Å²) in [4.78, 5) is 40.1. The van der Waals surface area contributed by atoms with Gasteiger partial charge in [0.1, 0.15) is 19.3 Å². The Kier molecular flexibility index (Phi) is 56.7. The summed E-state index contributed by atoms with van der Waals surface area (Å²) in [6, 6.07) is -0.896. The second-order valence-corrected chi connectivity index (χ2v) is 25.1. The lowest BCUT2D eigenvalue weighted by molar-refractivity contribution is -0.870. The van der Waals surface area contributed by atoms with Crippen molar-refractivity contribution >= 4 is 19.7 Å². The molecule has 9 nitrogen and oxygen atoms in total. The van der Waals surface area contributed by atoms with Crippen LogP contribution >= 0.6 is 7.82 Å². The summed E-state index contributed by atoms with van der Waals surface area (Å²) in [5.74, 6) is -0.548. The van der Waals surface area contributed by atoms with Crippen LogP contribution in [0, 0.1) is 0 Å². The van der Waals surface area contributed by atoms with Gasteiger partial charge >= 0.3 is 5.97 Å². The molecular formula is C69H127N2O7P. The van der Waals surface area contributed by atoms with Crippen LogP contribution in [0.4, 0.5) is 0 Å². The van der Waals surface area contributed by atoms with Gasteiger partial charge in [0, 0.05) is 12.8 Å². The molecule has 0 saturated carbocycles. The third kappa shape index (κ3) is 59.9. The van der Waals surface area contributed by atoms with Gasteiger partial charge in [-0.1, -0.05) is 280 Å². The number of carbonyl (C=O) groups excluding carboxylic acids is 2. The molecule has 10 heteroatoms. The molecule has 3 atom stereocenters. The van der Waals surface area contributed by atoms with Crippen LogP contribution in [0.3, 0.4) is 0 Å². The molecule has 0 radical (unpaired) electrons. The van der Waals surface area contributed by atoms with Crippen molar-refractivity contribution < 1.29 is 37.3 Å². The number of hydrogen-bond donors (Lipinski definition) is 1. The Bertz CT molecular complexity index is 1580. The monoisotopic (exact) mass is 1130 g/mol. The summed E-state index contributed by atoms with van der Waals surface area (Å²) in [6.45, 7) is 6.70. The third-order valence-electron chi connectivity index (χ3n) is 14.7. The minimum absolute atomic E-state index is 0.0262. The van der Waals surface area contributed by atoms with Gasteiger partial charge in [0.15, 0.2) is 0 Å². The molecule has 0 fully saturated rings. The highest BCUT2D eigenvalue weighted by Gasteiger charge is 2.27. The van der Waals surface area contributed by atoms with Crippen LogP contribution in [-0.4, -0.2) is 69.4 Å². The normalized spacial score (nSPS) is 14.1. The van der Waals surface area contributed by atoms with E-state index in [0.717, 1.165) is 83.5 Å². The molecule has 0 aliphatic rings. The van der Waals surface area contributed by atoms with E-state index in [-0.39, 0.29) is 24.9 Å². The Balaban J connectivity index is 5.11. The minimum Gasteiger partial charge on any atom is -0.756 e. The summed E-state index contributed by atoms with van der Waals surface area (Å²) >= 11 is 0. The number of quaternary nitrogens is 1. The van der Waals surface area contributed by atoms with Gasteiger partial charge in [-0.05, 0) is 83.1 Å². The highest BCUT2D eigenvalue weighted by molar-refractivity contribution is 7.45. The van der Waals surface area contributed by atoms with Crippen molar-refractivity contribution in [3.8, 4) is 0 Å². The van der Waals surface area contributed by atoms with Crippen LogP contribution in [0.5, 0.6) is 0 Å². The van der Waals surface area contributed by atoms with Crippen molar-refractivity contribution in [3.05, 3.63) is 72.9 Å². The first-order chi connectivity index (χ1) is 38.4. The number of amides is 1. The van der Waals surface area contributed by atoms with Gasteiger partial charge in [-0.15, -0.1) is 0 Å². The SMILES string of the molecule is CC/C=C/C=C/C=C/CCCCCCCCCC(=O)NC(COP(=O)([O-])OCC[N+](C)(C)C)C(/C=C\CCCCCCCCCCCCC)OC(=O)CCCCCCCCCCCCCCCCC/C=C\C/C=C\CCCCC. The lowest BCUT2D eigenvalue weighted by Gasteiger charge is -2.30. The number of rotatable bonds is 60. The Morgan fingerprint density at radius 1 is 0.468 bits per heavy atom. The first-order valence-corrected chi connectivity index (χ1v) is 34.7. The topological polar surface area (TPSA) is 114 Å². The van der Waals surface area contributed by atoms with E-state index in [4.69, 9.17) is 13.8 Å². The van der Waals surface area contributed by atoms with Crippen LogP contribution in [0.1, 0.15) is 303 Å². The Labute approximate surface area is 489 Å². The number of likely N-dealkylation sites (N-methyl/N-ethyl adjacent to an activating group) is 1. The predicted octanol–water partition coefficient (Wildman–Crippen LogP) is 20.2. The fourth-order valence-corrected chi connectivity index (χ4v) is 10.3. The maximum absolute atomic E-state index is 13.5. The number of phosphoric ester groups is 1. The Morgan fingerprint density at radius 2 is 0.861 bits per heavy atom. The van der Waals surface area contributed by atoms with Crippen LogP contribution in [-0.2, 0) is 27.9 Å². The second-order valence-electron chi connectivity index (χ2n) is 23.7. The molecule has 0 bridgehead atoms. The van der Waals surface area contributed by atoms with Gasteiger partial charge in [-0.2, -0.15) is 0 Å². The molecule has 0 spiro atoms. The van der Waals surface area contributed by atoms with Crippen molar-refractivity contribution in [2.45, 2.75) is 315 Å². The van der Waals surface area contributed by atoms with Crippen LogP contribution < -0.4 is 10.2 Å².